The standard InChI is InChI=1S/C15H15Br2ClF3NO3/c1-9(2)22-25-6-5-24-14-11(15(19,20)21)7-10(8-12(14)18)23-4-3-13(16)17/h3,7-8H,4-6H2,1-2H3. The molecule has 10 heteroatoms. The summed E-state index contributed by atoms with van der Waals surface area (Å²) in [5.41, 5.74) is -0.341. The summed E-state index contributed by atoms with van der Waals surface area (Å²) in [7, 11) is 0. The molecule has 0 unspecified atom stereocenters. The van der Waals surface area contributed by atoms with E-state index in [0.29, 0.717) is 9.10 Å². The van der Waals surface area contributed by atoms with Gasteiger partial charge >= 0.3 is 6.18 Å². The second-order valence-electron chi connectivity index (χ2n) is 4.80. The normalized spacial score (nSPS) is 10.9. The van der Waals surface area contributed by atoms with Gasteiger partial charge in [-0.1, -0.05) is 16.8 Å². The highest BCUT2D eigenvalue weighted by Crippen LogP contribution is 2.43. The van der Waals surface area contributed by atoms with Gasteiger partial charge in [0.05, 0.1) is 14.1 Å². The maximum atomic E-state index is 13.3. The van der Waals surface area contributed by atoms with Crippen molar-refractivity contribution in [3.8, 4) is 11.5 Å². The van der Waals surface area contributed by atoms with E-state index in [-0.39, 0.29) is 30.6 Å². The minimum absolute atomic E-state index is 0.0128. The van der Waals surface area contributed by atoms with Crippen LogP contribution < -0.4 is 9.47 Å². The van der Waals surface area contributed by atoms with Gasteiger partial charge in [-0.15, -0.1) is 0 Å². The molecule has 0 saturated carbocycles. The van der Waals surface area contributed by atoms with Crippen LogP contribution in [0, 0.1) is 0 Å². The Balaban J connectivity index is 2.92. The fraction of sp³-hybridized carbons (Fsp3) is 0.400. The van der Waals surface area contributed by atoms with Gasteiger partial charge in [0, 0.05) is 6.07 Å². The largest absolute Gasteiger partial charge is 0.489 e. The minimum Gasteiger partial charge on any atom is -0.489 e. The lowest BCUT2D eigenvalue weighted by molar-refractivity contribution is -0.139. The molecule has 0 spiro atoms. The summed E-state index contributed by atoms with van der Waals surface area (Å²) in [6.07, 6.45) is -3.07. The average Bonchev–Trinajstić information content (AvgIpc) is 2.46. The lowest BCUT2D eigenvalue weighted by atomic mass is 10.2. The van der Waals surface area contributed by atoms with Crippen LogP contribution in [0.25, 0.3) is 0 Å². The van der Waals surface area contributed by atoms with Gasteiger partial charge in [-0.2, -0.15) is 13.2 Å². The zero-order valence-electron chi connectivity index (χ0n) is 13.3. The topological polar surface area (TPSA) is 40.0 Å². The highest BCUT2D eigenvalue weighted by Gasteiger charge is 2.36. The molecule has 0 fully saturated rings. The summed E-state index contributed by atoms with van der Waals surface area (Å²) >= 11 is 12.2. The van der Waals surface area contributed by atoms with Crippen molar-refractivity contribution in [2.45, 2.75) is 20.0 Å². The van der Waals surface area contributed by atoms with Crippen molar-refractivity contribution in [3.05, 3.63) is 32.2 Å². The fourth-order valence-corrected chi connectivity index (χ4v) is 2.09. The van der Waals surface area contributed by atoms with Crippen molar-refractivity contribution in [2.24, 2.45) is 5.16 Å². The zero-order valence-corrected chi connectivity index (χ0v) is 17.2. The van der Waals surface area contributed by atoms with Gasteiger partial charge in [0.25, 0.3) is 0 Å². The van der Waals surface area contributed by atoms with Gasteiger partial charge < -0.3 is 14.3 Å². The van der Waals surface area contributed by atoms with Crippen LogP contribution in [0.4, 0.5) is 13.2 Å². The van der Waals surface area contributed by atoms with E-state index in [9.17, 15) is 13.2 Å². The van der Waals surface area contributed by atoms with Crippen LogP contribution in [0.2, 0.25) is 5.02 Å². The first-order valence-corrected chi connectivity index (χ1v) is 8.88. The van der Waals surface area contributed by atoms with Gasteiger partial charge in [-0.3, -0.25) is 0 Å². The van der Waals surface area contributed by atoms with Crippen LogP contribution >= 0.6 is 43.5 Å². The third-order valence-electron chi connectivity index (χ3n) is 2.48. The number of benzene rings is 1. The highest BCUT2D eigenvalue weighted by atomic mass is 79.9. The van der Waals surface area contributed by atoms with Crippen molar-refractivity contribution in [3.63, 3.8) is 0 Å². The first-order valence-electron chi connectivity index (χ1n) is 6.92. The van der Waals surface area contributed by atoms with E-state index in [4.69, 9.17) is 25.9 Å². The first kappa shape index (κ1) is 22.1. The molecule has 0 heterocycles. The summed E-state index contributed by atoms with van der Waals surface area (Å²) in [5, 5.41) is 3.45. The molecule has 0 bridgehead atoms. The van der Waals surface area contributed by atoms with Gasteiger partial charge in [-0.05, 0) is 57.8 Å². The molecule has 0 aromatic heterocycles. The second kappa shape index (κ2) is 10.3. The predicted molar refractivity (Wildman–Crippen MR) is 98.1 cm³/mol. The molecule has 0 aliphatic heterocycles. The van der Waals surface area contributed by atoms with Crippen LogP contribution in [0.15, 0.2) is 26.8 Å². The monoisotopic (exact) mass is 507 g/mol. The first-order chi connectivity index (χ1) is 11.6. The fourth-order valence-electron chi connectivity index (χ4n) is 1.57. The Labute approximate surface area is 165 Å². The number of alkyl halides is 3. The molecule has 0 saturated heterocycles. The molecule has 25 heavy (non-hydrogen) atoms. The summed E-state index contributed by atoms with van der Waals surface area (Å²) in [6.45, 7) is 3.35. The van der Waals surface area contributed by atoms with Crippen LogP contribution in [-0.4, -0.2) is 25.5 Å². The Morgan fingerprint density at radius 1 is 1.20 bits per heavy atom. The molecule has 0 aliphatic rings. The van der Waals surface area contributed by atoms with E-state index in [0.717, 1.165) is 6.07 Å². The van der Waals surface area contributed by atoms with Crippen LogP contribution in [0.3, 0.4) is 0 Å². The minimum atomic E-state index is -4.65. The molecule has 140 valence electrons. The molecule has 0 N–H and O–H groups in total. The van der Waals surface area contributed by atoms with E-state index in [1.807, 2.05) is 0 Å². The van der Waals surface area contributed by atoms with Gasteiger partial charge in [0.15, 0.2) is 12.4 Å². The number of nitrogens with zero attached hydrogens (tertiary/aromatic N) is 1. The molecular formula is C15H15Br2ClF3NO3. The van der Waals surface area contributed by atoms with E-state index in [2.05, 4.69) is 37.0 Å². The summed E-state index contributed by atoms with van der Waals surface area (Å²) < 4.78 is 50.8. The molecule has 0 radical (unpaired) electrons. The van der Waals surface area contributed by atoms with Gasteiger partial charge in [0.2, 0.25) is 0 Å². The quantitative estimate of drug-likeness (QED) is 0.239. The lowest BCUT2D eigenvalue weighted by Gasteiger charge is -2.17. The molecule has 0 atom stereocenters. The van der Waals surface area contributed by atoms with E-state index in [1.165, 1.54) is 6.07 Å². The number of ether oxygens (including phenoxy) is 2. The van der Waals surface area contributed by atoms with Gasteiger partial charge in [-0.25, -0.2) is 0 Å². The summed E-state index contributed by atoms with van der Waals surface area (Å²) in [4.78, 5) is 4.88. The third-order valence-corrected chi connectivity index (χ3v) is 3.41. The maximum Gasteiger partial charge on any atom is 0.420 e. The Hall–Kier alpha value is -0.930. The number of hydrogen-bond acceptors (Lipinski definition) is 4. The maximum absolute atomic E-state index is 13.3. The van der Waals surface area contributed by atoms with Crippen molar-refractivity contribution in [1.29, 1.82) is 0 Å². The average molecular weight is 510 g/mol. The molecule has 1 aromatic rings. The second-order valence-corrected chi connectivity index (χ2v) is 7.98. The molecule has 1 aromatic carbocycles. The van der Waals surface area contributed by atoms with Crippen molar-refractivity contribution >= 4 is 49.2 Å². The zero-order chi connectivity index (χ0) is 19.0. The van der Waals surface area contributed by atoms with Crippen LogP contribution in [-0.2, 0) is 11.0 Å². The summed E-state index contributed by atoms with van der Waals surface area (Å²) in [5.74, 6) is -0.496. The van der Waals surface area contributed by atoms with Crippen molar-refractivity contribution in [2.75, 3.05) is 19.8 Å². The summed E-state index contributed by atoms with van der Waals surface area (Å²) in [6, 6.07) is 2.10. The lowest BCUT2D eigenvalue weighted by Crippen LogP contribution is -2.12. The molecule has 1 rings (SSSR count). The molecular weight excluding hydrogens is 494 g/mol. The predicted octanol–water partition coefficient (Wildman–Crippen LogP) is 6.16. The Morgan fingerprint density at radius 3 is 2.44 bits per heavy atom. The number of rotatable bonds is 8. The van der Waals surface area contributed by atoms with Crippen LogP contribution in [0.1, 0.15) is 19.4 Å². The SMILES string of the molecule is CC(C)=NOCCOc1c(Cl)cc(OCC=C(Br)Br)cc1C(F)(F)F. The molecule has 0 amide bonds. The number of hydrogen-bond donors (Lipinski definition) is 0. The number of halogens is 6. The van der Waals surface area contributed by atoms with Gasteiger partial charge in [0.1, 0.15) is 24.5 Å². The Morgan fingerprint density at radius 2 is 1.88 bits per heavy atom. The van der Waals surface area contributed by atoms with Crippen LogP contribution in [0.5, 0.6) is 11.5 Å². The Kier molecular flexibility index (Phi) is 9.09. The van der Waals surface area contributed by atoms with Crippen molar-refractivity contribution in [1.82, 2.24) is 0 Å². The van der Waals surface area contributed by atoms with E-state index in [1.54, 1.807) is 19.9 Å². The molecule has 4 nitrogen and oxygen atoms in total. The number of oxime groups is 1. The molecule has 0 aliphatic carbocycles. The van der Waals surface area contributed by atoms with Crippen molar-refractivity contribution < 1.29 is 27.5 Å². The smallest absolute Gasteiger partial charge is 0.420 e. The van der Waals surface area contributed by atoms with E-state index >= 15 is 0 Å². The Bertz CT molecular complexity index is 644. The van der Waals surface area contributed by atoms with E-state index < -0.39 is 17.5 Å². The third kappa shape index (κ3) is 8.33. The highest BCUT2D eigenvalue weighted by molar-refractivity contribution is 9.28.